The van der Waals surface area contributed by atoms with E-state index in [0.29, 0.717) is 19.8 Å². The first-order valence-corrected chi connectivity index (χ1v) is 11.1. The summed E-state index contributed by atoms with van der Waals surface area (Å²) >= 11 is 0. The number of carbonyl (C=O) groups is 2. The zero-order chi connectivity index (χ0) is 24.2. The Kier molecular flexibility index (Phi) is 9.43. The van der Waals surface area contributed by atoms with Crippen molar-refractivity contribution in [3.63, 3.8) is 0 Å². The molecular weight excluding hydrogens is 428 g/mol. The Labute approximate surface area is 200 Å². The van der Waals surface area contributed by atoms with Crippen molar-refractivity contribution in [2.45, 2.75) is 32.7 Å². The second-order valence-electron chi connectivity index (χ2n) is 7.80. The second kappa shape index (κ2) is 13.0. The maximum Gasteiger partial charge on any atom is 0.244 e. The fourth-order valence-electron chi connectivity index (χ4n) is 3.27. The fraction of sp³-hybridized carbons (Fsp3) is 0.214. The highest BCUT2D eigenvalue weighted by atomic mass is 16.5. The molecule has 6 nitrogen and oxygen atoms in total. The zero-order valence-corrected chi connectivity index (χ0v) is 19.5. The van der Waals surface area contributed by atoms with Crippen molar-refractivity contribution in [2.75, 3.05) is 7.11 Å². The second-order valence-corrected chi connectivity index (χ2v) is 7.80. The number of hydrogen-bond donors (Lipinski definition) is 2. The number of carbonyl (C=O) groups excluding carboxylic acids is 2. The van der Waals surface area contributed by atoms with Crippen LogP contribution in [0, 0.1) is 0 Å². The minimum Gasteiger partial charge on any atom is -0.497 e. The molecule has 0 heterocycles. The zero-order valence-electron chi connectivity index (χ0n) is 19.5. The van der Waals surface area contributed by atoms with Crippen molar-refractivity contribution in [3.8, 4) is 5.75 Å². The molecule has 2 N–H and O–H groups in total. The van der Waals surface area contributed by atoms with Crippen LogP contribution in [0.3, 0.4) is 0 Å². The van der Waals surface area contributed by atoms with Gasteiger partial charge in [0.2, 0.25) is 11.8 Å². The Morgan fingerprint density at radius 3 is 2.26 bits per heavy atom. The number of nitrogens with one attached hydrogen (secondary N) is 2. The van der Waals surface area contributed by atoms with E-state index < -0.39 is 6.04 Å². The Bertz CT molecular complexity index is 1090. The van der Waals surface area contributed by atoms with Crippen molar-refractivity contribution < 1.29 is 19.1 Å². The molecule has 0 aliphatic rings. The first kappa shape index (κ1) is 24.7. The lowest BCUT2D eigenvalue weighted by Gasteiger charge is -2.15. The third-order valence-electron chi connectivity index (χ3n) is 5.24. The molecule has 1 unspecified atom stereocenters. The SMILES string of the molecule is COc1ccc(/C=C/C(=O)NC(C)C(=O)NCc2ccccc2COCc2ccccc2)cc1. The lowest BCUT2D eigenvalue weighted by atomic mass is 10.1. The summed E-state index contributed by atoms with van der Waals surface area (Å²) in [7, 11) is 1.60. The molecule has 0 fully saturated rings. The van der Waals surface area contributed by atoms with Gasteiger partial charge in [-0.15, -0.1) is 0 Å². The van der Waals surface area contributed by atoms with Crippen LogP contribution >= 0.6 is 0 Å². The molecule has 3 rings (SSSR count). The summed E-state index contributed by atoms with van der Waals surface area (Å²) in [6.07, 6.45) is 3.09. The molecule has 0 aliphatic carbocycles. The molecule has 3 aromatic rings. The lowest BCUT2D eigenvalue weighted by molar-refractivity contribution is -0.126. The van der Waals surface area contributed by atoms with Gasteiger partial charge in [0.15, 0.2) is 0 Å². The molecule has 6 heteroatoms. The van der Waals surface area contributed by atoms with Gasteiger partial charge in [-0.3, -0.25) is 9.59 Å². The topological polar surface area (TPSA) is 76.7 Å². The van der Waals surface area contributed by atoms with Gasteiger partial charge in [0.1, 0.15) is 11.8 Å². The number of rotatable bonds is 11. The summed E-state index contributed by atoms with van der Waals surface area (Å²) in [5, 5.41) is 5.58. The highest BCUT2D eigenvalue weighted by Gasteiger charge is 2.14. The van der Waals surface area contributed by atoms with Crippen molar-refractivity contribution in [1.82, 2.24) is 10.6 Å². The summed E-state index contributed by atoms with van der Waals surface area (Å²) in [6.45, 7) is 2.98. The molecule has 0 spiro atoms. The van der Waals surface area contributed by atoms with Gasteiger partial charge in [0.05, 0.1) is 20.3 Å². The Balaban J connectivity index is 1.46. The molecule has 0 saturated carbocycles. The number of amides is 2. The van der Waals surface area contributed by atoms with Crippen LogP contribution in [0.2, 0.25) is 0 Å². The molecule has 2 amide bonds. The molecule has 0 bridgehead atoms. The molecule has 0 aromatic heterocycles. The van der Waals surface area contributed by atoms with Crippen molar-refractivity contribution in [3.05, 3.63) is 107 Å². The van der Waals surface area contributed by atoms with Crippen LogP contribution < -0.4 is 15.4 Å². The standard InChI is InChI=1S/C28H30N2O4/c1-21(30-27(31)17-14-22-12-15-26(33-2)16-13-22)28(32)29-18-24-10-6-7-11-25(24)20-34-19-23-8-4-3-5-9-23/h3-17,21H,18-20H2,1-2H3,(H,29,32)(H,30,31)/b17-14+. The van der Waals surface area contributed by atoms with E-state index in [0.717, 1.165) is 28.0 Å². The molecule has 1 atom stereocenters. The molecule has 0 saturated heterocycles. The van der Waals surface area contributed by atoms with Crippen LogP contribution in [0.15, 0.2) is 84.9 Å². The van der Waals surface area contributed by atoms with Gasteiger partial charge in [0.25, 0.3) is 0 Å². The predicted molar refractivity (Wildman–Crippen MR) is 133 cm³/mol. The van der Waals surface area contributed by atoms with E-state index in [1.807, 2.05) is 78.9 Å². The normalized spacial score (nSPS) is 11.7. The summed E-state index contributed by atoms with van der Waals surface area (Å²) in [6, 6.07) is 24.5. The van der Waals surface area contributed by atoms with Gasteiger partial charge in [-0.1, -0.05) is 66.7 Å². The quantitative estimate of drug-likeness (QED) is 0.421. The number of hydrogen-bond acceptors (Lipinski definition) is 4. The van der Waals surface area contributed by atoms with E-state index in [1.54, 1.807) is 20.1 Å². The van der Waals surface area contributed by atoms with Gasteiger partial charge in [-0.05, 0) is 47.4 Å². The predicted octanol–water partition coefficient (Wildman–Crippen LogP) is 4.25. The Morgan fingerprint density at radius 1 is 0.882 bits per heavy atom. The van der Waals surface area contributed by atoms with Crippen LogP contribution in [0.4, 0.5) is 0 Å². The molecule has 3 aromatic carbocycles. The molecule has 0 aliphatic heterocycles. The average Bonchev–Trinajstić information content (AvgIpc) is 2.87. The molecule has 0 radical (unpaired) electrons. The first-order valence-electron chi connectivity index (χ1n) is 11.1. The van der Waals surface area contributed by atoms with Crippen LogP contribution in [-0.4, -0.2) is 25.0 Å². The van der Waals surface area contributed by atoms with E-state index in [2.05, 4.69) is 10.6 Å². The van der Waals surface area contributed by atoms with Crippen LogP contribution in [0.25, 0.3) is 6.08 Å². The Morgan fingerprint density at radius 2 is 1.56 bits per heavy atom. The maximum atomic E-state index is 12.5. The van der Waals surface area contributed by atoms with Gasteiger partial charge >= 0.3 is 0 Å². The van der Waals surface area contributed by atoms with E-state index in [1.165, 1.54) is 6.08 Å². The minimum absolute atomic E-state index is 0.258. The van der Waals surface area contributed by atoms with Crippen molar-refractivity contribution in [1.29, 1.82) is 0 Å². The Hall–Kier alpha value is -3.90. The number of ether oxygens (including phenoxy) is 2. The summed E-state index contributed by atoms with van der Waals surface area (Å²) in [5.74, 6) is 0.149. The molecule has 176 valence electrons. The fourth-order valence-corrected chi connectivity index (χ4v) is 3.27. The monoisotopic (exact) mass is 458 g/mol. The molecule has 34 heavy (non-hydrogen) atoms. The van der Waals surface area contributed by atoms with E-state index in [-0.39, 0.29) is 11.8 Å². The number of benzene rings is 3. The van der Waals surface area contributed by atoms with E-state index in [4.69, 9.17) is 9.47 Å². The average molecular weight is 459 g/mol. The van der Waals surface area contributed by atoms with Crippen molar-refractivity contribution in [2.24, 2.45) is 0 Å². The van der Waals surface area contributed by atoms with Gasteiger partial charge < -0.3 is 20.1 Å². The van der Waals surface area contributed by atoms with Crippen LogP contribution in [0.1, 0.15) is 29.2 Å². The molecular formula is C28H30N2O4. The smallest absolute Gasteiger partial charge is 0.244 e. The van der Waals surface area contributed by atoms with Gasteiger partial charge in [0, 0.05) is 12.6 Å². The van der Waals surface area contributed by atoms with Gasteiger partial charge in [-0.2, -0.15) is 0 Å². The highest BCUT2D eigenvalue weighted by Crippen LogP contribution is 2.13. The van der Waals surface area contributed by atoms with E-state index in [9.17, 15) is 9.59 Å². The largest absolute Gasteiger partial charge is 0.497 e. The first-order chi connectivity index (χ1) is 16.5. The van der Waals surface area contributed by atoms with Gasteiger partial charge in [-0.25, -0.2) is 0 Å². The van der Waals surface area contributed by atoms with Crippen LogP contribution in [0.5, 0.6) is 5.75 Å². The third kappa shape index (κ3) is 7.90. The lowest BCUT2D eigenvalue weighted by Crippen LogP contribution is -2.44. The highest BCUT2D eigenvalue weighted by molar-refractivity contribution is 5.95. The van der Waals surface area contributed by atoms with Crippen LogP contribution in [-0.2, 0) is 34.1 Å². The number of methoxy groups -OCH3 is 1. The van der Waals surface area contributed by atoms with Crippen molar-refractivity contribution >= 4 is 17.9 Å². The maximum absolute atomic E-state index is 12.5. The third-order valence-corrected chi connectivity index (χ3v) is 5.24. The summed E-state index contributed by atoms with van der Waals surface area (Å²) in [5.41, 5.74) is 3.96. The summed E-state index contributed by atoms with van der Waals surface area (Å²) < 4.78 is 11.0. The summed E-state index contributed by atoms with van der Waals surface area (Å²) in [4.78, 5) is 24.7. The van der Waals surface area contributed by atoms with E-state index >= 15 is 0 Å². The minimum atomic E-state index is -0.672.